The van der Waals surface area contributed by atoms with Gasteiger partial charge in [0.15, 0.2) is 0 Å². The standard InChI is InChI=1S/C59H43GeN3Si/c61-44-56-57(46-26-22-34-51(42-46)60(48-28-10-2-11-29-48,49-30-12-3-13-31-49)50-32-14-4-15-33-50)62-59(45-24-8-1-9-25-45)63-58(56)47-27-23-41-55(43-47)64(52-35-16-5-17-36-52,53-37-18-6-19-38-53)54-39-20-7-21-40-54/h1-43H/i1D,2D,3D,4D,5D,6D,7D,8D,9D,10D,11D,12D,13D,14D,15D,16D,17D,18D,19D,20D,21D,22D,23D,24D,25D,26D,27D,28D,29D,30D,31D,32D,33D,34D,35D,36D,37D,38D,39D,40D,41D,42D,43D. The van der Waals surface area contributed by atoms with Gasteiger partial charge in [-0.3, -0.25) is 0 Å². The van der Waals surface area contributed by atoms with Crippen LogP contribution in [-0.4, -0.2) is 31.3 Å². The van der Waals surface area contributed by atoms with Crippen molar-refractivity contribution in [3.8, 4) is 40.0 Å². The monoisotopic (exact) mass is 939 g/mol. The van der Waals surface area contributed by atoms with Crippen molar-refractivity contribution in [2.75, 3.05) is 0 Å². The zero-order chi connectivity index (χ0) is 80.6. The Bertz CT molecular complexity index is 4950. The van der Waals surface area contributed by atoms with Crippen molar-refractivity contribution in [3.05, 3.63) is 265 Å². The first kappa shape index (κ1) is 14.7. The van der Waals surface area contributed by atoms with E-state index in [0.29, 0.717) is 0 Å². The molecule has 0 atom stereocenters. The summed E-state index contributed by atoms with van der Waals surface area (Å²) in [5.74, 6) is -1.37. The van der Waals surface area contributed by atoms with Crippen molar-refractivity contribution in [2.24, 2.45) is 0 Å². The van der Waals surface area contributed by atoms with Crippen LogP contribution in [0.5, 0.6) is 0 Å². The van der Waals surface area contributed by atoms with Crippen LogP contribution < -0.4 is 38.3 Å². The minimum absolute atomic E-state index is 1.13. The molecule has 0 fully saturated rings. The third kappa shape index (κ3) is 7.21. The van der Waals surface area contributed by atoms with E-state index in [0.717, 1.165) is 0 Å². The number of nitrogens with zero attached hydrogens (tertiary/aromatic N) is 3. The number of nitriles is 1. The molecule has 1 aromatic heterocycles. The molecule has 0 saturated carbocycles. The molecule has 64 heavy (non-hydrogen) atoms. The summed E-state index contributed by atoms with van der Waals surface area (Å²) in [5.41, 5.74) is -8.52. The third-order valence-electron chi connectivity index (χ3n) is 9.47. The van der Waals surface area contributed by atoms with Crippen LogP contribution in [0.25, 0.3) is 33.9 Å². The quantitative estimate of drug-likeness (QED) is 0.0974. The molecule has 10 aromatic rings. The van der Waals surface area contributed by atoms with Crippen LogP contribution >= 0.6 is 0 Å². The molecule has 0 N–H and O–H groups in total. The Morgan fingerprint density at radius 1 is 0.359 bits per heavy atom. The molecule has 10 rings (SSSR count). The molecule has 3 nitrogen and oxygen atoms in total. The summed E-state index contributed by atoms with van der Waals surface area (Å²) in [6.07, 6.45) is 0. The minimum atomic E-state index is -7.79. The van der Waals surface area contributed by atoms with Gasteiger partial charge in [0.2, 0.25) is 0 Å². The average molecular weight is 938 g/mol. The van der Waals surface area contributed by atoms with Crippen LogP contribution in [0.3, 0.4) is 0 Å². The fraction of sp³-hybridized carbons (Fsp3) is 0. The van der Waals surface area contributed by atoms with E-state index >= 15 is 0 Å². The van der Waals surface area contributed by atoms with Crippen LogP contribution in [0.2, 0.25) is 0 Å². The van der Waals surface area contributed by atoms with Gasteiger partial charge in [-0.1, -0.05) is 54.4 Å². The number of hydrogen-bond acceptors (Lipinski definition) is 3. The molecule has 0 bridgehead atoms. The van der Waals surface area contributed by atoms with Gasteiger partial charge in [-0.2, -0.15) is 0 Å². The second-order valence-electron chi connectivity index (χ2n) is 12.7. The van der Waals surface area contributed by atoms with Crippen molar-refractivity contribution in [1.82, 2.24) is 9.97 Å². The number of rotatable bonds is 11. The van der Waals surface area contributed by atoms with E-state index in [1.807, 2.05) is 0 Å². The Labute approximate surface area is 439 Å². The predicted octanol–water partition coefficient (Wildman–Crippen LogP) is 8.10. The summed E-state index contributed by atoms with van der Waals surface area (Å²) in [4.78, 5) is 8.72. The van der Waals surface area contributed by atoms with Gasteiger partial charge in [-0.05, 0) is 0 Å². The summed E-state index contributed by atoms with van der Waals surface area (Å²) < 4.78 is 395. The third-order valence-corrected chi connectivity index (χ3v) is 21.9. The topological polar surface area (TPSA) is 49.6 Å². The second-order valence-corrected chi connectivity index (χ2v) is 23.6. The van der Waals surface area contributed by atoms with E-state index in [1.54, 1.807) is 6.07 Å². The van der Waals surface area contributed by atoms with Crippen LogP contribution in [-0.2, 0) is 0 Å². The fourth-order valence-electron chi connectivity index (χ4n) is 6.83. The Hall–Kier alpha value is -7.69. The van der Waals surface area contributed by atoms with Gasteiger partial charge >= 0.3 is 364 Å². The molecule has 0 spiro atoms. The van der Waals surface area contributed by atoms with Gasteiger partial charge in [0.05, 0.1) is 20.6 Å². The van der Waals surface area contributed by atoms with Crippen LogP contribution in [0.4, 0.5) is 0 Å². The maximum absolute atomic E-state index is 12.0. The van der Waals surface area contributed by atoms with E-state index < -0.39 is 359 Å². The number of aromatic nitrogens is 2. The molecule has 9 aromatic carbocycles. The fourth-order valence-corrected chi connectivity index (χ4v) is 17.9. The Morgan fingerprint density at radius 3 is 1.11 bits per heavy atom. The molecule has 0 aliphatic rings. The van der Waals surface area contributed by atoms with Gasteiger partial charge < -0.3 is 0 Å². The molecule has 0 aliphatic heterocycles. The summed E-state index contributed by atoms with van der Waals surface area (Å²) in [5, 5.41) is 6.37. The molecule has 0 amide bonds. The van der Waals surface area contributed by atoms with E-state index in [9.17, 15) is 35.4 Å². The molecule has 0 unspecified atom stereocenters. The molecule has 302 valence electrons. The Kier molecular flexibility index (Phi) is 4.12. The van der Waals surface area contributed by atoms with Crippen molar-refractivity contribution >= 4 is 59.7 Å². The van der Waals surface area contributed by atoms with Crippen molar-refractivity contribution in [3.63, 3.8) is 0 Å². The molecule has 1 heterocycles. The zero-order valence-corrected chi connectivity index (χ0v) is 34.9. The molecular weight excluding hydrogens is 851 g/mol. The average Bonchev–Trinajstić information content (AvgIpc) is 0.683. The molecular formula is C59H43GeN3Si. The first-order valence-electron chi connectivity index (χ1n) is 39.6. The summed E-state index contributed by atoms with van der Waals surface area (Å²) in [6.45, 7) is 0. The van der Waals surface area contributed by atoms with Crippen molar-refractivity contribution in [1.29, 1.82) is 5.26 Å². The zero-order valence-electron chi connectivity index (χ0n) is 74.8. The number of hydrogen-bond donors (Lipinski definition) is 0. The molecule has 0 saturated heterocycles. The van der Waals surface area contributed by atoms with Gasteiger partial charge in [0.1, 0.15) is 0 Å². The first-order valence-corrected chi connectivity index (χ1v) is 24.3. The van der Waals surface area contributed by atoms with E-state index in [2.05, 4.69) is 9.97 Å². The SMILES string of the molecule is [2H]c1c([2H])c([2H])c(-c2nc(-c3c([2H])c([2H])c([2H])c([Si](c4c([2H])c([2H])c([2H])c([2H])c4[2H])(c4c([2H])c([2H])c([2H])c([2H])c4[2H])c4c([2H])c([2H])c([2H])c([2H])c4[2H])c3[2H])c(C#N)c(-c3c([2H])c([2H])c([2H])[c]([Ge]([c]4c([2H])c([2H])c([2H])c([2H])c4[2H])([c]4c([2H])c([2H])c([2H])c([2H])c4[2H])[c]4c([2H])c([2H])c([2H])c([2H])c4[2H])c3[2H])n2)c([2H])c1[2H]. The predicted molar refractivity (Wildman–Crippen MR) is 270 cm³/mol. The van der Waals surface area contributed by atoms with Crippen LogP contribution in [0, 0.1) is 11.3 Å². The summed E-state index contributed by atoms with van der Waals surface area (Å²) >= 11 is -7.79. The van der Waals surface area contributed by atoms with Crippen LogP contribution in [0.1, 0.15) is 64.5 Å². The normalized spacial score (nSPS) is 20.8. The molecule has 0 radical (unpaired) electrons. The summed E-state index contributed by atoms with van der Waals surface area (Å²) in [7, 11) is -6.81. The Morgan fingerprint density at radius 2 is 0.688 bits per heavy atom. The van der Waals surface area contributed by atoms with Gasteiger partial charge in [0.25, 0.3) is 0 Å². The maximum atomic E-state index is 12.0. The van der Waals surface area contributed by atoms with E-state index in [1.165, 1.54) is 0 Å². The van der Waals surface area contributed by atoms with Gasteiger partial charge in [-0.15, -0.1) is 0 Å². The van der Waals surface area contributed by atoms with Crippen LogP contribution in [0.15, 0.2) is 260 Å². The second kappa shape index (κ2) is 18.0. The number of benzene rings is 9. The summed E-state index contributed by atoms with van der Waals surface area (Å²) in [6, 6.07) is -58.6. The van der Waals surface area contributed by atoms with Gasteiger partial charge in [-0.25, -0.2) is 0 Å². The molecule has 5 heteroatoms. The van der Waals surface area contributed by atoms with E-state index in [4.69, 9.17) is 28.8 Å². The molecule has 0 aliphatic carbocycles. The van der Waals surface area contributed by atoms with Crippen molar-refractivity contribution < 1.29 is 58.9 Å². The van der Waals surface area contributed by atoms with E-state index in [-0.39, 0.29) is 0 Å². The Balaban J connectivity index is 1.60. The van der Waals surface area contributed by atoms with Gasteiger partial charge in [0, 0.05) is 0 Å². The first-order chi connectivity index (χ1) is 49.6. The van der Waals surface area contributed by atoms with Crippen molar-refractivity contribution in [2.45, 2.75) is 0 Å².